The fourth-order valence-electron chi connectivity index (χ4n) is 2.67. The van der Waals surface area contributed by atoms with Crippen molar-refractivity contribution < 1.29 is 23.8 Å². The minimum atomic E-state index is -0.611. The van der Waals surface area contributed by atoms with E-state index in [1.54, 1.807) is 6.07 Å². The van der Waals surface area contributed by atoms with E-state index in [9.17, 15) is 9.59 Å². The summed E-state index contributed by atoms with van der Waals surface area (Å²) < 4.78 is 16.7. The minimum Gasteiger partial charge on any atom is -0.493 e. The molecule has 29 heavy (non-hydrogen) atoms. The van der Waals surface area contributed by atoms with Gasteiger partial charge in [0.15, 0.2) is 18.1 Å². The van der Waals surface area contributed by atoms with Gasteiger partial charge in [0.1, 0.15) is 0 Å². The van der Waals surface area contributed by atoms with Gasteiger partial charge in [0.25, 0.3) is 5.91 Å². The van der Waals surface area contributed by atoms with E-state index in [-0.39, 0.29) is 18.1 Å². The summed E-state index contributed by atoms with van der Waals surface area (Å²) in [5, 5.41) is 2.76. The Morgan fingerprint density at radius 1 is 1.17 bits per heavy atom. The van der Waals surface area contributed by atoms with Gasteiger partial charge < -0.3 is 19.5 Å². The van der Waals surface area contributed by atoms with E-state index >= 15 is 0 Å². The molecular formula is C22H26BrNO5. The van der Waals surface area contributed by atoms with Crippen LogP contribution in [-0.4, -0.2) is 38.7 Å². The second-order valence-electron chi connectivity index (χ2n) is 6.44. The Balaban J connectivity index is 1.87. The Morgan fingerprint density at radius 2 is 1.93 bits per heavy atom. The maximum Gasteiger partial charge on any atom is 0.338 e. The van der Waals surface area contributed by atoms with Crippen molar-refractivity contribution in [2.45, 2.75) is 26.7 Å². The zero-order valence-electron chi connectivity index (χ0n) is 16.9. The molecule has 0 atom stereocenters. The van der Waals surface area contributed by atoms with Gasteiger partial charge >= 0.3 is 5.97 Å². The number of amides is 1. The number of hydrogen-bond donors (Lipinski definition) is 1. The molecule has 0 aliphatic heterocycles. The zero-order valence-corrected chi connectivity index (χ0v) is 18.5. The summed E-state index contributed by atoms with van der Waals surface area (Å²) in [6, 6.07) is 11.1. The topological polar surface area (TPSA) is 73.9 Å². The Bertz CT molecular complexity index is 853. The molecule has 2 rings (SSSR count). The van der Waals surface area contributed by atoms with Gasteiger partial charge in [-0.25, -0.2) is 4.79 Å². The summed E-state index contributed by atoms with van der Waals surface area (Å²) in [6.45, 7) is 4.69. The quantitative estimate of drug-likeness (QED) is 0.537. The number of ether oxygens (including phenoxy) is 3. The van der Waals surface area contributed by atoms with E-state index in [4.69, 9.17) is 14.2 Å². The smallest absolute Gasteiger partial charge is 0.338 e. The van der Waals surface area contributed by atoms with E-state index in [1.165, 1.54) is 24.3 Å². The highest BCUT2D eigenvalue weighted by molar-refractivity contribution is 9.10. The fraction of sp³-hybridized carbons (Fsp3) is 0.364. The van der Waals surface area contributed by atoms with Gasteiger partial charge in [-0.1, -0.05) is 31.2 Å². The van der Waals surface area contributed by atoms with Crippen molar-refractivity contribution in [2.75, 3.05) is 26.9 Å². The Morgan fingerprint density at radius 3 is 2.62 bits per heavy atom. The van der Waals surface area contributed by atoms with E-state index < -0.39 is 5.97 Å². The molecular weight excluding hydrogens is 438 g/mol. The first kappa shape index (κ1) is 22.7. The molecule has 6 nitrogen and oxygen atoms in total. The first-order valence-electron chi connectivity index (χ1n) is 9.45. The summed E-state index contributed by atoms with van der Waals surface area (Å²) in [5.74, 6) is -0.0109. The summed E-state index contributed by atoms with van der Waals surface area (Å²) in [4.78, 5) is 24.3. The van der Waals surface area contributed by atoms with Crippen LogP contribution in [0.15, 0.2) is 40.9 Å². The molecule has 0 heterocycles. The highest BCUT2D eigenvalue weighted by atomic mass is 79.9. The average molecular weight is 464 g/mol. The Hall–Kier alpha value is -2.54. The molecule has 0 saturated carbocycles. The van der Waals surface area contributed by atoms with Crippen LogP contribution in [0.4, 0.5) is 0 Å². The predicted octanol–water partition coefficient (Wildman–Crippen LogP) is 4.07. The van der Waals surface area contributed by atoms with Crippen LogP contribution in [0.1, 0.15) is 34.8 Å². The largest absolute Gasteiger partial charge is 0.493 e. The van der Waals surface area contributed by atoms with Crippen LogP contribution in [-0.2, 0) is 16.0 Å². The molecule has 0 fully saturated rings. The van der Waals surface area contributed by atoms with Crippen LogP contribution in [0.25, 0.3) is 0 Å². The molecule has 0 aromatic heterocycles. The monoisotopic (exact) mass is 463 g/mol. The molecule has 0 aliphatic rings. The second-order valence-corrected chi connectivity index (χ2v) is 7.29. The van der Waals surface area contributed by atoms with Crippen molar-refractivity contribution in [3.05, 3.63) is 57.6 Å². The van der Waals surface area contributed by atoms with Crippen molar-refractivity contribution in [3.63, 3.8) is 0 Å². The molecule has 1 amide bonds. The van der Waals surface area contributed by atoms with Crippen LogP contribution in [0.5, 0.6) is 11.5 Å². The highest BCUT2D eigenvalue weighted by Gasteiger charge is 2.17. The van der Waals surface area contributed by atoms with Gasteiger partial charge in [0, 0.05) is 6.54 Å². The molecule has 0 radical (unpaired) electrons. The molecule has 7 heteroatoms. The molecule has 2 aromatic carbocycles. The first-order chi connectivity index (χ1) is 14.0. The number of esters is 1. The number of nitrogens with one attached hydrogen (secondary N) is 1. The third-order valence-corrected chi connectivity index (χ3v) is 4.82. The van der Waals surface area contributed by atoms with Gasteiger partial charge in [0.2, 0.25) is 0 Å². The lowest BCUT2D eigenvalue weighted by Gasteiger charge is -2.13. The second kappa shape index (κ2) is 11.5. The summed E-state index contributed by atoms with van der Waals surface area (Å²) in [5.41, 5.74) is 2.62. The minimum absolute atomic E-state index is 0.269. The standard InChI is InChI=1S/C22H26BrNO5/c1-4-11-28-21-18(23)12-17(13-19(21)27-3)22(26)29-14-20(25)24-10-9-16-8-6-5-7-15(16)2/h5-8,12-13H,4,9-11,14H2,1-3H3,(H,24,25). The lowest BCUT2D eigenvalue weighted by molar-refractivity contribution is -0.124. The van der Waals surface area contributed by atoms with E-state index in [0.717, 1.165) is 12.8 Å². The van der Waals surface area contributed by atoms with Gasteiger partial charge in [-0.3, -0.25) is 4.79 Å². The maximum atomic E-state index is 12.3. The molecule has 0 aliphatic carbocycles. The molecule has 0 spiro atoms. The Labute approximate surface area is 179 Å². The number of halogens is 1. The van der Waals surface area contributed by atoms with Crippen LogP contribution in [0, 0.1) is 6.92 Å². The molecule has 0 bridgehead atoms. The number of methoxy groups -OCH3 is 1. The molecule has 2 aromatic rings. The lowest BCUT2D eigenvalue weighted by atomic mass is 10.1. The van der Waals surface area contributed by atoms with Crippen molar-refractivity contribution >= 4 is 27.8 Å². The predicted molar refractivity (Wildman–Crippen MR) is 115 cm³/mol. The average Bonchev–Trinajstić information content (AvgIpc) is 2.72. The van der Waals surface area contributed by atoms with Crippen molar-refractivity contribution in [2.24, 2.45) is 0 Å². The molecule has 156 valence electrons. The van der Waals surface area contributed by atoms with Crippen molar-refractivity contribution in [1.82, 2.24) is 5.32 Å². The highest BCUT2D eigenvalue weighted by Crippen LogP contribution is 2.37. The number of carbonyl (C=O) groups excluding carboxylic acids is 2. The molecule has 0 unspecified atom stereocenters. The first-order valence-corrected chi connectivity index (χ1v) is 10.2. The molecule has 0 saturated heterocycles. The number of rotatable bonds is 10. The fourth-order valence-corrected chi connectivity index (χ4v) is 3.23. The van der Waals surface area contributed by atoms with Crippen molar-refractivity contribution in [1.29, 1.82) is 0 Å². The van der Waals surface area contributed by atoms with E-state index in [0.29, 0.717) is 29.1 Å². The van der Waals surface area contributed by atoms with Gasteiger partial charge in [-0.15, -0.1) is 0 Å². The number of benzene rings is 2. The third-order valence-electron chi connectivity index (χ3n) is 4.23. The van der Waals surface area contributed by atoms with E-state index in [2.05, 4.69) is 21.2 Å². The summed E-state index contributed by atoms with van der Waals surface area (Å²) in [7, 11) is 1.50. The Kier molecular flexibility index (Phi) is 8.99. The van der Waals surface area contributed by atoms with Gasteiger partial charge in [0.05, 0.1) is 23.8 Å². The normalized spacial score (nSPS) is 10.3. The number of carbonyl (C=O) groups is 2. The van der Waals surface area contributed by atoms with E-state index in [1.807, 2.05) is 38.1 Å². The SMILES string of the molecule is CCCOc1c(Br)cc(C(=O)OCC(=O)NCCc2ccccc2C)cc1OC. The lowest BCUT2D eigenvalue weighted by Crippen LogP contribution is -2.30. The van der Waals surface area contributed by atoms with Gasteiger partial charge in [-0.2, -0.15) is 0 Å². The summed E-state index contributed by atoms with van der Waals surface area (Å²) >= 11 is 3.39. The van der Waals surface area contributed by atoms with Crippen LogP contribution >= 0.6 is 15.9 Å². The molecule has 1 N–H and O–H groups in total. The third kappa shape index (κ3) is 6.78. The van der Waals surface area contributed by atoms with Crippen LogP contribution < -0.4 is 14.8 Å². The zero-order chi connectivity index (χ0) is 21.2. The van der Waals surface area contributed by atoms with Crippen LogP contribution in [0.2, 0.25) is 0 Å². The maximum absolute atomic E-state index is 12.3. The van der Waals surface area contributed by atoms with Crippen LogP contribution in [0.3, 0.4) is 0 Å². The number of aryl methyl sites for hydroxylation is 1. The van der Waals surface area contributed by atoms with Crippen molar-refractivity contribution in [3.8, 4) is 11.5 Å². The summed E-state index contributed by atoms with van der Waals surface area (Å²) in [6.07, 6.45) is 1.56. The van der Waals surface area contributed by atoms with Gasteiger partial charge in [-0.05, 0) is 59.0 Å². The number of hydrogen-bond acceptors (Lipinski definition) is 5.